The van der Waals surface area contributed by atoms with Gasteiger partial charge in [0.15, 0.2) is 0 Å². The van der Waals surface area contributed by atoms with Crippen molar-refractivity contribution in [2.24, 2.45) is 0 Å². The first-order valence-electron chi connectivity index (χ1n) is 6.83. The lowest BCUT2D eigenvalue weighted by Gasteiger charge is -2.39. The van der Waals surface area contributed by atoms with E-state index in [1.54, 1.807) is 0 Å². The van der Waals surface area contributed by atoms with Crippen LogP contribution < -0.4 is 10.6 Å². The second-order valence-corrected chi connectivity index (χ2v) is 6.15. The van der Waals surface area contributed by atoms with Gasteiger partial charge in [-0.1, -0.05) is 0 Å². The molecule has 0 aromatic carbocycles. The molecule has 0 aromatic heterocycles. The van der Waals surface area contributed by atoms with Crippen LogP contribution >= 0.6 is 0 Å². The normalized spacial score (nSPS) is 32.1. The number of morpholine rings is 1. The van der Waals surface area contributed by atoms with E-state index in [1.807, 2.05) is 20.8 Å². The van der Waals surface area contributed by atoms with Crippen molar-refractivity contribution in [3.05, 3.63) is 0 Å². The number of nitrogens with one attached hydrogen (secondary N) is 2. The lowest BCUT2D eigenvalue weighted by Crippen LogP contribution is -2.63. The van der Waals surface area contributed by atoms with E-state index in [-0.39, 0.29) is 6.10 Å². The quantitative estimate of drug-likeness (QED) is 0.773. The second-order valence-electron chi connectivity index (χ2n) is 6.15. The molecule has 0 bridgehead atoms. The third-order valence-electron chi connectivity index (χ3n) is 3.35. The van der Waals surface area contributed by atoms with Crippen molar-refractivity contribution < 1.29 is 19.0 Å². The Balaban J connectivity index is 2.00. The van der Waals surface area contributed by atoms with Crippen LogP contribution in [0.25, 0.3) is 0 Å². The standard InChI is InChI=1S/C13H24N2O4/c1-12(2,3)19-11(16)15-13(4-6-17-9-13)10-8-14-5-7-18-10/h10,14H,4-9H2,1-3H3,(H,15,16). The van der Waals surface area contributed by atoms with E-state index >= 15 is 0 Å². The van der Waals surface area contributed by atoms with Gasteiger partial charge in [-0.15, -0.1) is 0 Å². The van der Waals surface area contributed by atoms with Crippen molar-refractivity contribution in [2.45, 2.75) is 44.4 Å². The summed E-state index contributed by atoms with van der Waals surface area (Å²) in [4.78, 5) is 12.0. The highest BCUT2D eigenvalue weighted by Crippen LogP contribution is 2.26. The van der Waals surface area contributed by atoms with Crippen LogP contribution in [0.2, 0.25) is 0 Å². The summed E-state index contributed by atoms with van der Waals surface area (Å²) in [6.07, 6.45) is 0.266. The summed E-state index contributed by atoms with van der Waals surface area (Å²) in [6.45, 7) is 8.88. The van der Waals surface area contributed by atoms with Crippen LogP contribution in [0.4, 0.5) is 4.79 Å². The molecule has 6 nitrogen and oxygen atoms in total. The zero-order valence-corrected chi connectivity index (χ0v) is 12.0. The van der Waals surface area contributed by atoms with Crippen LogP contribution in [0.3, 0.4) is 0 Å². The van der Waals surface area contributed by atoms with Crippen molar-refractivity contribution in [3.63, 3.8) is 0 Å². The molecule has 2 atom stereocenters. The minimum atomic E-state index is -0.504. The third-order valence-corrected chi connectivity index (χ3v) is 3.35. The van der Waals surface area contributed by atoms with E-state index < -0.39 is 17.2 Å². The Morgan fingerprint density at radius 2 is 2.21 bits per heavy atom. The maximum absolute atomic E-state index is 12.0. The molecule has 1 amide bonds. The number of hydrogen-bond donors (Lipinski definition) is 2. The zero-order chi connectivity index (χ0) is 13.9. The first-order chi connectivity index (χ1) is 8.91. The molecular formula is C13H24N2O4. The molecule has 2 fully saturated rings. The predicted molar refractivity (Wildman–Crippen MR) is 70.1 cm³/mol. The second kappa shape index (κ2) is 5.64. The SMILES string of the molecule is CC(C)(C)OC(=O)NC1(C2CNCCO2)CCOC1. The molecule has 2 rings (SSSR count). The smallest absolute Gasteiger partial charge is 0.408 e. The van der Waals surface area contributed by atoms with Gasteiger partial charge in [0, 0.05) is 19.7 Å². The van der Waals surface area contributed by atoms with Gasteiger partial charge in [-0.3, -0.25) is 0 Å². The van der Waals surface area contributed by atoms with Gasteiger partial charge < -0.3 is 24.8 Å². The number of rotatable bonds is 2. The molecule has 2 saturated heterocycles. The van der Waals surface area contributed by atoms with Gasteiger partial charge in [-0.05, 0) is 27.2 Å². The fourth-order valence-electron chi connectivity index (χ4n) is 2.44. The minimum Gasteiger partial charge on any atom is -0.444 e. The van der Waals surface area contributed by atoms with Crippen molar-refractivity contribution in [1.82, 2.24) is 10.6 Å². The van der Waals surface area contributed by atoms with Crippen LogP contribution in [-0.4, -0.2) is 56.2 Å². The molecule has 2 aliphatic heterocycles. The molecule has 0 spiro atoms. The number of amides is 1. The van der Waals surface area contributed by atoms with Gasteiger partial charge in [-0.2, -0.15) is 0 Å². The van der Waals surface area contributed by atoms with E-state index in [2.05, 4.69) is 10.6 Å². The molecule has 0 aliphatic carbocycles. The Labute approximate surface area is 114 Å². The van der Waals surface area contributed by atoms with Crippen LogP contribution in [0.15, 0.2) is 0 Å². The molecule has 0 aromatic rings. The van der Waals surface area contributed by atoms with Crippen LogP contribution in [-0.2, 0) is 14.2 Å². The van der Waals surface area contributed by atoms with E-state index in [0.717, 1.165) is 19.5 Å². The highest BCUT2D eigenvalue weighted by molar-refractivity contribution is 5.69. The molecule has 2 aliphatic rings. The number of ether oxygens (including phenoxy) is 3. The van der Waals surface area contributed by atoms with E-state index in [1.165, 1.54) is 0 Å². The summed E-state index contributed by atoms with van der Waals surface area (Å²) in [5.41, 5.74) is -0.980. The maximum atomic E-state index is 12.0. The molecule has 6 heteroatoms. The predicted octanol–water partition coefficient (Wildman–Crippen LogP) is 0.659. The van der Waals surface area contributed by atoms with E-state index in [9.17, 15) is 4.79 Å². The van der Waals surface area contributed by atoms with Gasteiger partial charge in [0.05, 0.1) is 24.9 Å². The van der Waals surface area contributed by atoms with Gasteiger partial charge >= 0.3 is 6.09 Å². The van der Waals surface area contributed by atoms with Crippen molar-refractivity contribution in [2.75, 3.05) is 32.9 Å². The molecule has 0 radical (unpaired) electrons. The van der Waals surface area contributed by atoms with Crippen LogP contribution in [0.5, 0.6) is 0 Å². The zero-order valence-electron chi connectivity index (χ0n) is 12.0. The van der Waals surface area contributed by atoms with Crippen molar-refractivity contribution >= 4 is 6.09 Å². The topological polar surface area (TPSA) is 68.8 Å². The average molecular weight is 272 g/mol. The molecular weight excluding hydrogens is 248 g/mol. The Kier molecular flexibility index (Phi) is 4.32. The lowest BCUT2D eigenvalue weighted by molar-refractivity contribution is -0.0407. The summed E-state index contributed by atoms with van der Waals surface area (Å²) in [5.74, 6) is 0. The molecule has 2 N–H and O–H groups in total. The van der Waals surface area contributed by atoms with Crippen molar-refractivity contribution in [1.29, 1.82) is 0 Å². The molecule has 2 heterocycles. The monoisotopic (exact) mass is 272 g/mol. The number of hydrogen-bond acceptors (Lipinski definition) is 5. The van der Waals surface area contributed by atoms with Crippen LogP contribution in [0.1, 0.15) is 27.2 Å². The summed E-state index contributed by atoms with van der Waals surface area (Å²) in [5, 5.41) is 6.25. The largest absolute Gasteiger partial charge is 0.444 e. The fraction of sp³-hybridized carbons (Fsp3) is 0.923. The van der Waals surface area contributed by atoms with Gasteiger partial charge in [0.1, 0.15) is 5.60 Å². The molecule has 19 heavy (non-hydrogen) atoms. The van der Waals surface area contributed by atoms with Crippen LogP contribution in [0, 0.1) is 0 Å². The minimum absolute atomic E-state index is 0.0729. The number of carbonyl (C=O) groups is 1. The average Bonchev–Trinajstić information content (AvgIpc) is 2.77. The maximum Gasteiger partial charge on any atom is 0.408 e. The van der Waals surface area contributed by atoms with Crippen molar-refractivity contribution in [3.8, 4) is 0 Å². The Hall–Kier alpha value is -0.850. The highest BCUT2D eigenvalue weighted by Gasteiger charge is 2.45. The summed E-state index contributed by atoms with van der Waals surface area (Å²) < 4.78 is 16.6. The first-order valence-corrected chi connectivity index (χ1v) is 6.83. The first kappa shape index (κ1) is 14.6. The Morgan fingerprint density at radius 1 is 1.42 bits per heavy atom. The number of alkyl carbamates (subject to hydrolysis) is 1. The summed E-state index contributed by atoms with van der Waals surface area (Å²) in [6, 6.07) is 0. The Bertz CT molecular complexity index is 315. The Morgan fingerprint density at radius 3 is 2.74 bits per heavy atom. The van der Waals surface area contributed by atoms with Gasteiger partial charge in [0.2, 0.25) is 0 Å². The summed E-state index contributed by atoms with van der Waals surface area (Å²) in [7, 11) is 0. The van der Waals surface area contributed by atoms with E-state index in [0.29, 0.717) is 19.8 Å². The van der Waals surface area contributed by atoms with E-state index in [4.69, 9.17) is 14.2 Å². The molecule has 110 valence electrons. The van der Waals surface area contributed by atoms with Gasteiger partial charge in [0.25, 0.3) is 0 Å². The summed E-state index contributed by atoms with van der Waals surface area (Å²) >= 11 is 0. The lowest BCUT2D eigenvalue weighted by atomic mass is 9.90. The van der Waals surface area contributed by atoms with Gasteiger partial charge in [-0.25, -0.2) is 4.79 Å². The molecule has 0 saturated carbocycles. The molecule has 2 unspecified atom stereocenters. The highest BCUT2D eigenvalue weighted by atomic mass is 16.6. The third kappa shape index (κ3) is 3.81. The number of carbonyl (C=O) groups excluding carboxylic acids is 1. The fourth-order valence-corrected chi connectivity index (χ4v) is 2.44.